The first-order chi connectivity index (χ1) is 14.6. The first-order valence-corrected chi connectivity index (χ1v) is 11.8. The molecule has 0 saturated heterocycles. The standard InChI is InChI=1S/C25H36N4O2/c1-23(2,3)27-22(31)28-25-11-17-8-18(12-25)10-24(9-17,16-25)26-13-21(30)29-14-19-6-4-5-7-20(19)15-29/h4-7,17-18,26H,8-16H2,1-3H3,(H2,27,28,31). The van der Waals surface area contributed by atoms with Gasteiger partial charge in [0, 0.05) is 29.7 Å². The summed E-state index contributed by atoms with van der Waals surface area (Å²) < 4.78 is 0. The third-order valence-corrected chi connectivity index (χ3v) is 7.74. The predicted octanol–water partition coefficient (Wildman–Crippen LogP) is 3.31. The van der Waals surface area contributed by atoms with Gasteiger partial charge in [0.2, 0.25) is 5.91 Å². The highest BCUT2D eigenvalue weighted by Gasteiger charge is 2.58. The quantitative estimate of drug-likeness (QED) is 0.694. The van der Waals surface area contributed by atoms with E-state index in [0.717, 1.165) is 32.1 Å². The molecule has 6 rings (SSSR count). The number of carbonyl (C=O) groups excluding carboxylic acids is 2. The number of hydrogen-bond acceptors (Lipinski definition) is 3. The molecule has 31 heavy (non-hydrogen) atoms. The van der Waals surface area contributed by atoms with Crippen molar-refractivity contribution in [3.8, 4) is 0 Å². The summed E-state index contributed by atoms with van der Waals surface area (Å²) in [6.45, 7) is 7.85. The van der Waals surface area contributed by atoms with Crippen molar-refractivity contribution in [2.75, 3.05) is 6.54 Å². The Morgan fingerprint density at radius 3 is 2.16 bits per heavy atom. The molecule has 4 fully saturated rings. The van der Waals surface area contributed by atoms with Gasteiger partial charge < -0.3 is 20.9 Å². The molecule has 4 bridgehead atoms. The zero-order valence-electron chi connectivity index (χ0n) is 19.1. The van der Waals surface area contributed by atoms with Crippen molar-refractivity contribution in [2.45, 2.75) is 89.0 Å². The number of rotatable bonds is 4. The van der Waals surface area contributed by atoms with Gasteiger partial charge in [-0.1, -0.05) is 24.3 Å². The molecule has 0 radical (unpaired) electrons. The van der Waals surface area contributed by atoms with Gasteiger partial charge in [-0.2, -0.15) is 0 Å². The average Bonchev–Trinajstić information content (AvgIpc) is 3.07. The molecule has 4 aliphatic carbocycles. The first kappa shape index (κ1) is 20.8. The number of benzene rings is 1. The molecule has 6 nitrogen and oxygen atoms in total. The number of urea groups is 1. The van der Waals surface area contributed by atoms with Crippen LogP contribution in [0.15, 0.2) is 24.3 Å². The van der Waals surface area contributed by atoms with E-state index in [0.29, 0.717) is 31.5 Å². The summed E-state index contributed by atoms with van der Waals surface area (Å²) in [5, 5.41) is 10.2. The molecule has 3 amide bonds. The number of hydrogen-bond donors (Lipinski definition) is 3. The molecule has 2 atom stereocenters. The Hall–Kier alpha value is -2.08. The van der Waals surface area contributed by atoms with Gasteiger partial charge in [-0.05, 0) is 82.3 Å². The van der Waals surface area contributed by atoms with E-state index in [4.69, 9.17) is 0 Å². The third kappa shape index (κ3) is 4.19. The van der Waals surface area contributed by atoms with Gasteiger partial charge in [-0.3, -0.25) is 4.79 Å². The van der Waals surface area contributed by atoms with E-state index in [1.807, 2.05) is 37.8 Å². The fourth-order valence-electron chi connectivity index (χ4n) is 7.11. The minimum atomic E-state index is -0.248. The molecule has 0 aromatic heterocycles. The van der Waals surface area contributed by atoms with Crippen LogP contribution in [-0.2, 0) is 17.9 Å². The van der Waals surface area contributed by atoms with Gasteiger partial charge in [-0.15, -0.1) is 0 Å². The summed E-state index contributed by atoms with van der Waals surface area (Å²) in [6, 6.07) is 8.27. The van der Waals surface area contributed by atoms with Crippen LogP contribution in [0, 0.1) is 11.8 Å². The van der Waals surface area contributed by atoms with Gasteiger partial charge in [-0.25, -0.2) is 4.79 Å². The van der Waals surface area contributed by atoms with Crippen LogP contribution in [0.25, 0.3) is 0 Å². The van der Waals surface area contributed by atoms with Crippen molar-refractivity contribution in [1.82, 2.24) is 20.9 Å². The molecule has 1 heterocycles. The van der Waals surface area contributed by atoms with Crippen molar-refractivity contribution in [2.24, 2.45) is 11.8 Å². The highest BCUT2D eigenvalue weighted by molar-refractivity contribution is 5.79. The summed E-state index contributed by atoms with van der Waals surface area (Å²) in [7, 11) is 0. The summed E-state index contributed by atoms with van der Waals surface area (Å²) in [6.07, 6.45) is 6.59. The molecule has 0 spiro atoms. The fourth-order valence-corrected chi connectivity index (χ4v) is 7.11. The van der Waals surface area contributed by atoms with Gasteiger partial charge in [0.15, 0.2) is 0 Å². The Balaban J connectivity index is 1.24. The van der Waals surface area contributed by atoms with Crippen LogP contribution in [0.1, 0.15) is 70.4 Å². The van der Waals surface area contributed by atoms with E-state index in [9.17, 15) is 9.59 Å². The molecule has 3 N–H and O–H groups in total. The van der Waals surface area contributed by atoms with Crippen LogP contribution in [0.2, 0.25) is 0 Å². The van der Waals surface area contributed by atoms with Crippen molar-refractivity contribution in [1.29, 1.82) is 0 Å². The number of nitrogens with zero attached hydrogens (tertiary/aromatic N) is 1. The summed E-state index contributed by atoms with van der Waals surface area (Å²) in [5.74, 6) is 1.45. The highest BCUT2D eigenvalue weighted by Crippen LogP contribution is 2.57. The van der Waals surface area contributed by atoms with Gasteiger partial charge >= 0.3 is 6.03 Å². The van der Waals surface area contributed by atoms with E-state index < -0.39 is 0 Å². The Bertz CT molecular complexity index is 851. The monoisotopic (exact) mass is 424 g/mol. The Morgan fingerprint density at radius 2 is 1.58 bits per heavy atom. The lowest BCUT2D eigenvalue weighted by Gasteiger charge is -2.62. The predicted molar refractivity (Wildman–Crippen MR) is 120 cm³/mol. The SMILES string of the molecule is CC(C)(C)NC(=O)NC12CC3CC(CC(NCC(=O)N4Cc5ccccc5C4)(C3)C1)C2. The second kappa shape index (κ2) is 7.22. The van der Waals surface area contributed by atoms with Crippen molar-refractivity contribution >= 4 is 11.9 Å². The number of fused-ring (bicyclic) bond motifs is 1. The summed E-state index contributed by atoms with van der Waals surface area (Å²) in [4.78, 5) is 27.7. The molecule has 1 aliphatic heterocycles. The van der Waals surface area contributed by atoms with Gasteiger partial charge in [0.05, 0.1) is 6.54 Å². The van der Waals surface area contributed by atoms with Gasteiger partial charge in [0.25, 0.3) is 0 Å². The Labute approximate surface area is 185 Å². The average molecular weight is 425 g/mol. The molecule has 2 unspecified atom stereocenters. The van der Waals surface area contributed by atoms with Crippen LogP contribution < -0.4 is 16.0 Å². The lowest BCUT2D eigenvalue weighted by molar-refractivity contribution is -0.132. The second-order valence-corrected chi connectivity index (χ2v) is 11.7. The molecular formula is C25H36N4O2. The third-order valence-electron chi connectivity index (χ3n) is 7.74. The smallest absolute Gasteiger partial charge is 0.315 e. The van der Waals surface area contributed by atoms with Crippen LogP contribution in [0.3, 0.4) is 0 Å². The number of carbonyl (C=O) groups is 2. The van der Waals surface area contributed by atoms with Crippen LogP contribution in [0.5, 0.6) is 0 Å². The molecule has 1 aromatic carbocycles. The number of amides is 3. The zero-order valence-corrected chi connectivity index (χ0v) is 19.1. The van der Waals surface area contributed by atoms with E-state index in [-0.39, 0.29) is 28.6 Å². The largest absolute Gasteiger partial charge is 0.334 e. The Morgan fingerprint density at radius 1 is 1.00 bits per heavy atom. The van der Waals surface area contributed by atoms with Crippen molar-refractivity contribution in [3.63, 3.8) is 0 Å². The lowest BCUT2D eigenvalue weighted by atomic mass is 9.50. The topological polar surface area (TPSA) is 73.5 Å². The van der Waals surface area contributed by atoms with Crippen LogP contribution >= 0.6 is 0 Å². The Kier molecular flexibility index (Phi) is 4.85. The highest BCUT2D eigenvalue weighted by atomic mass is 16.2. The number of nitrogens with one attached hydrogen (secondary N) is 3. The lowest BCUT2D eigenvalue weighted by Crippen LogP contribution is -2.70. The van der Waals surface area contributed by atoms with E-state index >= 15 is 0 Å². The molecule has 6 heteroatoms. The molecule has 168 valence electrons. The van der Waals surface area contributed by atoms with Gasteiger partial charge in [0.1, 0.15) is 0 Å². The minimum Gasteiger partial charge on any atom is -0.334 e. The molecule has 1 aromatic rings. The normalized spacial score (nSPS) is 33.3. The maximum absolute atomic E-state index is 13.0. The fraction of sp³-hybridized carbons (Fsp3) is 0.680. The van der Waals surface area contributed by atoms with Crippen molar-refractivity contribution < 1.29 is 9.59 Å². The molecule has 5 aliphatic rings. The van der Waals surface area contributed by atoms with E-state index in [1.54, 1.807) is 0 Å². The van der Waals surface area contributed by atoms with E-state index in [1.165, 1.54) is 17.5 Å². The maximum Gasteiger partial charge on any atom is 0.315 e. The van der Waals surface area contributed by atoms with Crippen LogP contribution in [-0.4, -0.2) is 40.0 Å². The van der Waals surface area contributed by atoms with Crippen LogP contribution in [0.4, 0.5) is 4.79 Å². The minimum absolute atomic E-state index is 0.0265. The first-order valence-electron chi connectivity index (χ1n) is 11.8. The van der Waals surface area contributed by atoms with E-state index in [2.05, 4.69) is 28.1 Å². The zero-order chi connectivity index (χ0) is 21.9. The summed E-state index contributed by atoms with van der Waals surface area (Å²) >= 11 is 0. The molecule has 4 saturated carbocycles. The maximum atomic E-state index is 13.0. The summed E-state index contributed by atoms with van der Waals surface area (Å²) in [5.41, 5.74) is 2.11. The molecular weight excluding hydrogens is 388 g/mol. The van der Waals surface area contributed by atoms with Crippen molar-refractivity contribution in [3.05, 3.63) is 35.4 Å². The second-order valence-electron chi connectivity index (χ2n) is 11.7.